The van der Waals surface area contributed by atoms with Gasteiger partial charge in [0.1, 0.15) is 5.75 Å². The molecule has 0 bridgehead atoms. The van der Waals surface area contributed by atoms with Crippen LogP contribution in [0.25, 0.3) is 0 Å². The molecule has 0 aliphatic carbocycles. The van der Waals surface area contributed by atoms with E-state index >= 15 is 0 Å². The first-order valence-electron chi connectivity index (χ1n) is 12.1. The Labute approximate surface area is 234 Å². The number of pyridine rings is 1. The quantitative estimate of drug-likeness (QED) is 0.232. The Kier molecular flexibility index (Phi) is 15.8. The number of hydrogen-bond donors (Lipinski definition) is 5. The van der Waals surface area contributed by atoms with Crippen LogP contribution >= 0.6 is 11.6 Å². The average Bonchev–Trinajstić information content (AvgIpc) is 2.90. The van der Waals surface area contributed by atoms with Crippen LogP contribution in [-0.4, -0.2) is 76.5 Å². The molecule has 5 N–H and O–H groups in total. The molecule has 3 rings (SSSR count). The lowest BCUT2D eigenvalue weighted by molar-refractivity contribution is -0.134. The summed E-state index contributed by atoms with van der Waals surface area (Å²) >= 11 is 5.97. The van der Waals surface area contributed by atoms with Gasteiger partial charge in [-0.05, 0) is 81.6 Å². The maximum Gasteiger partial charge on any atom is 0.328 e. The highest BCUT2D eigenvalue weighted by Crippen LogP contribution is 2.27. The van der Waals surface area contributed by atoms with Gasteiger partial charge >= 0.3 is 11.9 Å². The zero-order valence-corrected chi connectivity index (χ0v) is 23.0. The molecule has 0 spiro atoms. The topological polar surface area (TPSA) is 143 Å². The van der Waals surface area contributed by atoms with Crippen LogP contribution in [0, 0.1) is 0 Å². The van der Waals surface area contributed by atoms with E-state index in [1.807, 2.05) is 30.5 Å². The number of nitrogens with zero attached hydrogens (tertiary/aromatic N) is 2. The van der Waals surface area contributed by atoms with E-state index in [1.54, 1.807) is 31.3 Å². The van der Waals surface area contributed by atoms with Crippen molar-refractivity contribution in [2.45, 2.75) is 18.4 Å². The SMILES string of the molecule is CN(C)CCC(c1ccc(Cl)cc1)c1ccccn1.CNC[C@H](O)c1cccc(O)c1.O=C(O)/C=C\C(=O)O. The molecule has 0 radical (unpaired) electrons. The van der Waals surface area contributed by atoms with Gasteiger partial charge in [-0.15, -0.1) is 0 Å². The number of likely N-dealkylation sites (N-methyl/N-ethyl adjacent to an activating group) is 1. The summed E-state index contributed by atoms with van der Waals surface area (Å²) in [6.07, 6.45) is 3.46. The number of aromatic hydroxyl groups is 1. The molecular formula is C29H36ClN3O6. The summed E-state index contributed by atoms with van der Waals surface area (Å²) in [7, 11) is 5.96. The molecule has 9 nitrogen and oxygen atoms in total. The smallest absolute Gasteiger partial charge is 0.328 e. The van der Waals surface area contributed by atoms with Crippen LogP contribution in [0.1, 0.15) is 35.3 Å². The fraction of sp³-hybridized carbons (Fsp3) is 0.276. The van der Waals surface area contributed by atoms with Gasteiger partial charge in [0.15, 0.2) is 0 Å². The first-order valence-corrected chi connectivity index (χ1v) is 12.5. The highest BCUT2D eigenvalue weighted by Gasteiger charge is 2.15. The maximum atomic E-state index is 9.55. The van der Waals surface area contributed by atoms with Gasteiger partial charge in [-0.1, -0.05) is 41.9 Å². The molecule has 0 aliphatic rings. The van der Waals surface area contributed by atoms with E-state index in [9.17, 15) is 14.7 Å². The lowest BCUT2D eigenvalue weighted by Gasteiger charge is -2.19. The molecule has 2 atom stereocenters. The maximum absolute atomic E-state index is 9.55. The minimum Gasteiger partial charge on any atom is -0.508 e. The van der Waals surface area contributed by atoms with Crippen LogP contribution in [0.2, 0.25) is 5.02 Å². The Morgan fingerprint density at radius 2 is 1.62 bits per heavy atom. The monoisotopic (exact) mass is 557 g/mol. The summed E-state index contributed by atoms with van der Waals surface area (Å²) < 4.78 is 0. The second-order valence-corrected chi connectivity index (χ2v) is 9.07. The first kappa shape index (κ1) is 33.3. The van der Waals surface area contributed by atoms with E-state index in [-0.39, 0.29) is 5.75 Å². The summed E-state index contributed by atoms with van der Waals surface area (Å²) in [5, 5.41) is 37.8. The van der Waals surface area contributed by atoms with Crippen molar-refractivity contribution in [1.29, 1.82) is 0 Å². The number of aliphatic carboxylic acids is 2. The van der Waals surface area contributed by atoms with Gasteiger partial charge < -0.3 is 30.6 Å². The van der Waals surface area contributed by atoms with E-state index in [4.69, 9.17) is 26.9 Å². The number of benzene rings is 2. The number of rotatable bonds is 10. The molecule has 3 aromatic rings. The van der Waals surface area contributed by atoms with Gasteiger partial charge in [-0.3, -0.25) is 4.98 Å². The van der Waals surface area contributed by atoms with Crippen molar-refractivity contribution >= 4 is 23.5 Å². The second-order valence-electron chi connectivity index (χ2n) is 8.63. The highest BCUT2D eigenvalue weighted by atomic mass is 35.5. The molecular weight excluding hydrogens is 522 g/mol. The third-order valence-electron chi connectivity index (χ3n) is 5.20. The van der Waals surface area contributed by atoms with Crippen LogP contribution in [0.4, 0.5) is 0 Å². The summed E-state index contributed by atoms with van der Waals surface area (Å²) in [6, 6.07) is 20.8. The van der Waals surface area contributed by atoms with Crippen molar-refractivity contribution in [1.82, 2.24) is 15.2 Å². The number of nitrogens with one attached hydrogen (secondary N) is 1. The Bertz CT molecular complexity index is 1140. The largest absolute Gasteiger partial charge is 0.508 e. The van der Waals surface area contributed by atoms with E-state index in [2.05, 4.69) is 47.5 Å². The molecule has 210 valence electrons. The molecule has 0 saturated carbocycles. The number of carboxylic acids is 2. The summed E-state index contributed by atoms with van der Waals surface area (Å²) in [5.41, 5.74) is 3.11. The van der Waals surface area contributed by atoms with E-state index in [0.717, 1.165) is 29.2 Å². The van der Waals surface area contributed by atoms with E-state index < -0.39 is 18.0 Å². The molecule has 1 heterocycles. The standard InChI is InChI=1S/C16H19ClN2.C9H13NO2.C4H4O4/c1-19(2)12-10-15(16-5-3-4-11-18-16)13-6-8-14(17)9-7-13;1-10-6-9(12)7-3-2-4-8(11)5-7;5-3(6)1-2-4(7)8/h3-9,11,15H,10,12H2,1-2H3;2-5,9-12H,6H2,1H3;1-2H,(H,5,6)(H,7,8)/b;;2-1-/t;9-;/m.0./s1. The molecule has 1 unspecified atom stereocenters. The summed E-state index contributed by atoms with van der Waals surface area (Å²) in [4.78, 5) is 25.8. The van der Waals surface area contributed by atoms with Crippen molar-refractivity contribution in [3.05, 3.63) is 107 Å². The van der Waals surface area contributed by atoms with Gasteiger partial charge in [0.25, 0.3) is 0 Å². The zero-order valence-electron chi connectivity index (χ0n) is 22.2. The number of aromatic nitrogens is 1. The number of aliphatic hydroxyl groups excluding tert-OH is 1. The molecule has 39 heavy (non-hydrogen) atoms. The minimum atomic E-state index is -1.26. The number of carbonyl (C=O) groups is 2. The average molecular weight is 558 g/mol. The summed E-state index contributed by atoms with van der Waals surface area (Å²) in [5.74, 6) is -2.01. The zero-order chi connectivity index (χ0) is 29.2. The number of phenols is 1. The van der Waals surface area contributed by atoms with E-state index in [1.165, 1.54) is 5.56 Å². The number of hydrogen-bond acceptors (Lipinski definition) is 7. The van der Waals surface area contributed by atoms with Crippen molar-refractivity contribution < 1.29 is 30.0 Å². The molecule has 1 aromatic heterocycles. The fourth-order valence-electron chi connectivity index (χ4n) is 3.34. The lowest BCUT2D eigenvalue weighted by atomic mass is 9.92. The van der Waals surface area contributed by atoms with Gasteiger partial charge in [0.2, 0.25) is 0 Å². The summed E-state index contributed by atoms with van der Waals surface area (Å²) in [6.45, 7) is 1.52. The van der Waals surface area contributed by atoms with Crippen LogP contribution in [-0.2, 0) is 9.59 Å². The van der Waals surface area contributed by atoms with Gasteiger partial charge in [0.05, 0.1) is 6.10 Å². The minimum absolute atomic E-state index is 0.183. The van der Waals surface area contributed by atoms with Crippen molar-refractivity contribution in [2.24, 2.45) is 0 Å². The van der Waals surface area contributed by atoms with Gasteiger partial charge in [-0.25, -0.2) is 9.59 Å². The van der Waals surface area contributed by atoms with Crippen LogP contribution < -0.4 is 5.32 Å². The fourth-order valence-corrected chi connectivity index (χ4v) is 3.46. The van der Waals surface area contributed by atoms with Crippen LogP contribution in [0.3, 0.4) is 0 Å². The molecule has 0 saturated heterocycles. The predicted molar refractivity (Wildman–Crippen MR) is 152 cm³/mol. The second kappa shape index (κ2) is 18.5. The molecule has 2 aromatic carbocycles. The molecule has 0 amide bonds. The van der Waals surface area contributed by atoms with Crippen molar-refractivity contribution in [2.75, 3.05) is 34.2 Å². The number of halogens is 1. The lowest BCUT2D eigenvalue weighted by Crippen LogP contribution is -2.17. The van der Waals surface area contributed by atoms with Crippen LogP contribution in [0.5, 0.6) is 5.75 Å². The Morgan fingerprint density at radius 3 is 2.10 bits per heavy atom. The molecule has 0 fully saturated rings. The van der Waals surface area contributed by atoms with Gasteiger partial charge in [0, 0.05) is 41.5 Å². The number of aliphatic hydroxyl groups is 1. The first-order chi connectivity index (χ1) is 18.5. The highest BCUT2D eigenvalue weighted by molar-refractivity contribution is 6.30. The number of carboxylic acid groups (broad SMARTS) is 2. The Hall–Kier alpha value is -3.76. The normalized spacial score (nSPS) is 12.1. The van der Waals surface area contributed by atoms with E-state index in [0.29, 0.717) is 24.6 Å². The van der Waals surface area contributed by atoms with Crippen molar-refractivity contribution in [3.63, 3.8) is 0 Å². The Morgan fingerprint density at radius 1 is 0.974 bits per heavy atom. The third kappa shape index (κ3) is 14.7. The molecule has 0 aliphatic heterocycles. The number of phenolic OH excluding ortho intramolecular Hbond substituents is 1. The predicted octanol–water partition coefficient (Wildman–Crippen LogP) is 4.18. The van der Waals surface area contributed by atoms with Crippen molar-refractivity contribution in [3.8, 4) is 5.75 Å². The Balaban J connectivity index is 0.000000326. The molecule has 10 heteroatoms. The van der Waals surface area contributed by atoms with Crippen LogP contribution in [0.15, 0.2) is 85.1 Å². The van der Waals surface area contributed by atoms with Gasteiger partial charge in [-0.2, -0.15) is 0 Å². The third-order valence-corrected chi connectivity index (χ3v) is 5.46.